The maximum Gasteiger partial charge on any atom is 0.340 e. The molecule has 2 saturated carbocycles. The lowest BCUT2D eigenvalue weighted by Gasteiger charge is -2.67. The fraction of sp³-hybridized carbons (Fsp3) is 0.658. The molecule has 0 radical (unpaired) electrons. The molecule has 4 aliphatic rings. The number of nitrogens with zero attached hydrogens (tertiary/aromatic N) is 1. The standard InChI is InChI=1S/C38H47NO18/c1-17-10-11-24-12-13-39-14-25(24)34(47)50-15-35(8)26-27(51-19(3)41)31(54-22(6)44)37(16-49-18(2)40)32(55-23(7)45)28(52-20(4)42)30(56-33(17)46)36(9,48)38(37,57-35)29(26)53-21(5)43/h12-14,17,26-32,48H,10-11,15-16H2,1-9H3/t17?,26-,27-,28+,29-,30+,31+,32+,35+,36+,37-,38+/m1/s1. The molecule has 12 atom stereocenters. The van der Waals surface area contributed by atoms with Crippen LogP contribution in [0, 0.1) is 17.3 Å². The SMILES string of the molecule is CC(=O)OC[C@]12[C@@H](OC(C)=O)[C@H](OC(C)=O)[C@@H]3[C@@H](OC(C)=O)[C@@]14O[C@@]3(C)COC(=O)c1cnccc1CCC(C)C(=O)O[C@@H]([C@H](OC(C)=O)[C@@H]2OC(C)=O)[C@]4(C)O. The van der Waals surface area contributed by atoms with Crippen molar-refractivity contribution in [3.63, 3.8) is 0 Å². The molecule has 1 saturated heterocycles. The number of cyclic esters (lactones) is 1. The van der Waals surface area contributed by atoms with E-state index in [0.29, 0.717) is 5.56 Å². The van der Waals surface area contributed by atoms with Crippen LogP contribution in [0.5, 0.6) is 0 Å². The average molecular weight is 806 g/mol. The number of aromatic nitrogens is 1. The first-order valence-corrected chi connectivity index (χ1v) is 18.3. The normalized spacial score (nSPS) is 37.1. The Balaban J connectivity index is 1.99. The molecule has 4 bridgehead atoms. The van der Waals surface area contributed by atoms with Gasteiger partial charge in [-0.25, -0.2) is 4.79 Å². The van der Waals surface area contributed by atoms with Gasteiger partial charge >= 0.3 is 47.8 Å². The number of hydrogen-bond donors (Lipinski definition) is 1. The molecule has 3 fully saturated rings. The van der Waals surface area contributed by atoms with Crippen molar-refractivity contribution in [2.24, 2.45) is 17.3 Å². The Morgan fingerprint density at radius 3 is 1.91 bits per heavy atom. The molecule has 0 amide bonds. The summed E-state index contributed by atoms with van der Waals surface area (Å²) in [6.07, 6.45) is -8.92. The van der Waals surface area contributed by atoms with Crippen LogP contribution in [0.4, 0.5) is 0 Å². The monoisotopic (exact) mass is 805 g/mol. The van der Waals surface area contributed by atoms with Crippen LogP contribution in [0.15, 0.2) is 18.5 Å². The van der Waals surface area contributed by atoms with Crippen molar-refractivity contribution in [2.75, 3.05) is 13.2 Å². The van der Waals surface area contributed by atoms with E-state index in [4.69, 9.17) is 42.6 Å². The maximum absolute atomic E-state index is 14.1. The third kappa shape index (κ3) is 7.30. The molecule has 19 nitrogen and oxygen atoms in total. The number of rotatable bonds is 7. The second-order valence-corrected chi connectivity index (χ2v) is 15.3. The third-order valence-corrected chi connectivity index (χ3v) is 11.2. The Hall–Kier alpha value is -5.17. The molecule has 57 heavy (non-hydrogen) atoms. The Morgan fingerprint density at radius 2 is 1.35 bits per heavy atom. The predicted octanol–water partition coefficient (Wildman–Crippen LogP) is 0.863. The highest BCUT2D eigenvalue weighted by Gasteiger charge is 2.92. The van der Waals surface area contributed by atoms with Gasteiger partial charge in [0.15, 0.2) is 30.0 Å². The van der Waals surface area contributed by atoms with Gasteiger partial charge in [-0.05, 0) is 38.3 Å². The summed E-state index contributed by atoms with van der Waals surface area (Å²) in [5.74, 6) is -10.5. The molecule has 1 aromatic rings. The zero-order valence-corrected chi connectivity index (χ0v) is 33.0. The molecule has 1 N–H and O–H groups in total. The number of hydrogen-bond acceptors (Lipinski definition) is 19. The van der Waals surface area contributed by atoms with Crippen LogP contribution in [0.1, 0.15) is 84.7 Å². The van der Waals surface area contributed by atoms with Crippen LogP contribution in [0.2, 0.25) is 0 Å². The molecule has 1 aromatic heterocycles. The van der Waals surface area contributed by atoms with Gasteiger partial charge in [0.2, 0.25) is 0 Å². The van der Waals surface area contributed by atoms with E-state index in [1.165, 1.54) is 26.2 Å². The minimum atomic E-state index is -2.80. The lowest BCUT2D eigenvalue weighted by atomic mass is 9.45. The number of carbonyl (C=O) groups excluding carboxylic acids is 8. The van der Waals surface area contributed by atoms with Gasteiger partial charge in [0.1, 0.15) is 42.0 Å². The van der Waals surface area contributed by atoms with Gasteiger partial charge in [0, 0.05) is 53.9 Å². The lowest BCUT2D eigenvalue weighted by Crippen LogP contribution is -2.89. The molecule has 1 spiro atoms. The van der Waals surface area contributed by atoms with E-state index in [1.807, 2.05) is 0 Å². The van der Waals surface area contributed by atoms with Crippen LogP contribution >= 0.6 is 0 Å². The Kier molecular flexibility index (Phi) is 11.8. The smallest absolute Gasteiger partial charge is 0.340 e. The molecule has 2 aliphatic carbocycles. The van der Waals surface area contributed by atoms with Crippen molar-refractivity contribution in [3.8, 4) is 0 Å². The summed E-state index contributed by atoms with van der Waals surface area (Å²) in [5, 5.41) is 13.4. The van der Waals surface area contributed by atoms with Gasteiger partial charge in [0.05, 0.1) is 17.4 Å². The maximum atomic E-state index is 14.1. The number of aliphatic hydroxyl groups is 1. The van der Waals surface area contributed by atoms with Gasteiger partial charge in [-0.3, -0.25) is 38.5 Å². The topological polar surface area (TPSA) is 253 Å². The molecular weight excluding hydrogens is 758 g/mol. The van der Waals surface area contributed by atoms with Gasteiger partial charge in [0.25, 0.3) is 0 Å². The van der Waals surface area contributed by atoms with Crippen molar-refractivity contribution < 1.29 is 86.1 Å². The minimum Gasteiger partial charge on any atom is -0.465 e. The van der Waals surface area contributed by atoms with Crippen molar-refractivity contribution in [1.82, 2.24) is 4.98 Å². The highest BCUT2D eigenvalue weighted by Crippen LogP contribution is 2.70. The highest BCUT2D eigenvalue weighted by atomic mass is 16.7. The van der Waals surface area contributed by atoms with E-state index < -0.39 is 132 Å². The Labute approximate surface area is 327 Å². The van der Waals surface area contributed by atoms with E-state index in [-0.39, 0.29) is 18.4 Å². The summed E-state index contributed by atoms with van der Waals surface area (Å²) >= 11 is 0. The number of aryl methyl sites for hydroxylation is 1. The van der Waals surface area contributed by atoms with Gasteiger partial charge in [-0.15, -0.1) is 0 Å². The zero-order chi connectivity index (χ0) is 42.4. The number of pyridine rings is 1. The first-order valence-electron chi connectivity index (χ1n) is 18.3. The summed E-state index contributed by atoms with van der Waals surface area (Å²) in [7, 11) is 0. The van der Waals surface area contributed by atoms with E-state index in [2.05, 4.69) is 4.98 Å². The third-order valence-electron chi connectivity index (χ3n) is 11.2. The minimum absolute atomic E-state index is 0.0290. The summed E-state index contributed by atoms with van der Waals surface area (Å²) < 4.78 is 54.2. The lowest BCUT2D eigenvalue weighted by molar-refractivity contribution is -0.386. The van der Waals surface area contributed by atoms with Crippen molar-refractivity contribution >= 4 is 47.8 Å². The molecule has 19 heteroatoms. The van der Waals surface area contributed by atoms with Crippen molar-refractivity contribution in [2.45, 2.75) is 129 Å². The number of esters is 8. The van der Waals surface area contributed by atoms with E-state index in [9.17, 15) is 43.5 Å². The zero-order valence-electron chi connectivity index (χ0n) is 33.0. The molecule has 5 rings (SSSR count). The fourth-order valence-corrected chi connectivity index (χ4v) is 9.18. The van der Waals surface area contributed by atoms with E-state index in [0.717, 1.165) is 48.5 Å². The van der Waals surface area contributed by atoms with Crippen LogP contribution in [-0.4, -0.2) is 124 Å². The van der Waals surface area contributed by atoms with Crippen molar-refractivity contribution in [3.05, 3.63) is 29.6 Å². The summed E-state index contributed by atoms with van der Waals surface area (Å²) in [6.45, 7) is 8.17. The number of carbonyl (C=O) groups is 8. The number of ether oxygens (including phenoxy) is 9. The van der Waals surface area contributed by atoms with Crippen LogP contribution in [0.3, 0.4) is 0 Å². The molecule has 312 valence electrons. The van der Waals surface area contributed by atoms with Gasteiger partial charge in [-0.1, -0.05) is 6.92 Å². The quantitative estimate of drug-likeness (QED) is 0.296. The van der Waals surface area contributed by atoms with Gasteiger partial charge < -0.3 is 47.7 Å². The summed E-state index contributed by atoms with van der Waals surface area (Å²) in [4.78, 5) is 111. The predicted molar refractivity (Wildman–Crippen MR) is 185 cm³/mol. The fourth-order valence-electron chi connectivity index (χ4n) is 9.18. The largest absolute Gasteiger partial charge is 0.465 e. The average Bonchev–Trinajstić information content (AvgIpc) is 3.32. The van der Waals surface area contributed by atoms with Gasteiger partial charge in [-0.2, -0.15) is 0 Å². The molecular formula is C38H47NO18. The van der Waals surface area contributed by atoms with Crippen LogP contribution < -0.4 is 0 Å². The second-order valence-electron chi connectivity index (χ2n) is 15.3. The molecule has 3 heterocycles. The second kappa shape index (κ2) is 15.6. The first-order chi connectivity index (χ1) is 26.5. The first kappa shape index (κ1) is 43.0. The summed E-state index contributed by atoms with van der Waals surface area (Å²) in [5.41, 5.74) is -9.68. The van der Waals surface area contributed by atoms with Crippen molar-refractivity contribution in [1.29, 1.82) is 0 Å². The van der Waals surface area contributed by atoms with Crippen LogP contribution in [0.25, 0.3) is 0 Å². The Morgan fingerprint density at radius 1 is 0.807 bits per heavy atom. The summed E-state index contributed by atoms with van der Waals surface area (Å²) in [6, 6.07) is 1.56. The van der Waals surface area contributed by atoms with E-state index >= 15 is 0 Å². The Bertz CT molecular complexity index is 1840. The highest BCUT2D eigenvalue weighted by molar-refractivity contribution is 5.90. The molecule has 0 aromatic carbocycles. The number of fused-ring (bicyclic) bond motifs is 5. The molecule has 2 aliphatic heterocycles. The van der Waals surface area contributed by atoms with Crippen LogP contribution in [-0.2, 0) is 82.6 Å². The van der Waals surface area contributed by atoms with E-state index in [1.54, 1.807) is 6.07 Å². The molecule has 1 unspecified atom stereocenters.